The van der Waals surface area contributed by atoms with Gasteiger partial charge in [0.25, 0.3) is 0 Å². The number of hydrogen-bond donors (Lipinski definition) is 3. The van der Waals surface area contributed by atoms with E-state index in [0.717, 1.165) is 43.9 Å². The number of carbonyl (C=O) groups is 1. The number of anilines is 1. The smallest absolute Gasteiger partial charge is 0.240 e. The number of para-hydroxylation sites is 1. The van der Waals surface area contributed by atoms with Gasteiger partial charge < -0.3 is 15.0 Å². The van der Waals surface area contributed by atoms with Crippen LogP contribution in [0.3, 0.4) is 0 Å². The number of methoxy groups -OCH3 is 1. The second-order valence-electron chi connectivity index (χ2n) is 7.44. The third-order valence-electron chi connectivity index (χ3n) is 5.66. The maximum Gasteiger partial charge on any atom is 0.240 e. The fourth-order valence-corrected chi connectivity index (χ4v) is 4.15. The molecule has 1 fully saturated rings. The van der Waals surface area contributed by atoms with E-state index in [1.54, 1.807) is 7.11 Å². The molecule has 28 heavy (non-hydrogen) atoms. The van der Waals surface area contributed by atoms with Crippen molar-refractivity contribution in [2.45, 2.75) is 18.9 Å². The van der Waals surface area contributed by atoms with Crippen LogP contribution >= 0.6 is 0 Å². The van der Waals surface area contributed by atoms with Crippen LogP contribution in [0.15, 0.2) is 48.5 Å². The molecule has 0 aromatic heterocycles. The minimum absolute atomic E-state index is 0.145. The van der Waals surface area contributed by atoms with Gasteiger partial charge in [-0.15, -0.1) is 0 Å². The maximum atomic E-state index is 12.8. The van der Waals surface area contributed by atoms with Crippen LogP contribution in [0.4, 0.5) is 5.69 Å². The lowest BCUT2D eigenvalue weighted by atomic mass is 9.95. The maximum absolute atomic E-state index is 12.8. The van der Waals surface area contributed by atoms with Crippen molar-refractivity contribution in [3.63, 3.8) is 0 Å². The largest absolute Gasteiger partial charge is 0.497 e. The molecule has 2 aliphatic rings. The van der Waals surface area contributed by atoms with E-state index in [2.05, 4.69) is 40.4 Å². The first-order valence-electron chi connectivity index (χ1n) is 9.97. The quantitative estimate of drug-likeness (QED) is 0.716. The fraction of sp³-hybridized carbons (Fsp3) is 0.409. The molecule has 0 bridgehead atoms. The molecule has 4 rings (SSSR count). The van der Waals surface area contributed by atoms with Gasteiger partial charge in [0.05, 0.1) is 19.7 Å². The number of hydrazine groups is 1. The van der Waals surface area contributed by atoms with Crippen LogP contribution in [0.1, 0.15) is 23.6 Å². The number of amides is 1. The van der Waals surface area contributed by atoms with E-state index in [1.807, 2.05) is 29.2 Å². The molecule has 1 saturated heterocycles. The molecule has 0 aliphatic carbocycles. The van der Waals surface area contributed by atoms with E-state index in [0.29, 0.717) is 12.5 Å². The number of nitrogens with zero attached hydrogens (tertiary/aromatic N) is 1. The predicted octanol–water partition coefficient (Wildman–Crippen LogP) is 2.03. The van der Waals surface area contributed by atoms with Crippen molar-refractivity contribution >= 4 is 11.6 Å². The number of aryl methyl sites for hydroxylation is 1. The van der Waals surface area contributed by atoms with Crippen molar-refractivity contribution in [2.75, 3.05) is 38.2 Å². The Morgan fingerprint density at radius 2 is 2.04 bits per heavy atom. The van der Waals surface area contributed by atoms with Gasteiger partial charge in [-0.05, 0) is 42.2 Å². The summed E-state index contributed by atoms with van der Waals surface area (Å²) in [5, 5.41) is 3.38. The summed E-state index contributed by atoms with van der Waals surface area (Å²) in [4.78, 5) is 14.7. The topological polar surface area (TPSA) is 65.6 Å². The van der Waals surface area contributed by atoms with E-state index in [1.165, 1.54) is 11.1 Å². The van der Waals surface area contributed by atoms with E-state index in [9.17, 15) is 4.79 Å². The standard InChI is InChI=1S/C22H28N4O2/c1-28-19-10-8-17(9-11-19)22-18(14-24-25-22)13-23-15-21(27)26-12-4-6-16-5-2-3-7-20(16)26/h2-3,5,7-11,18,22-25H,4,6,12-15H2,1H3. The van der Waals surface area contributed by atoms with Gasteiger partial charge >= 0.3 is 0 Å². The Kier molecular flexibility index (Phi) is 5.90. The van der Waals surface area contributed by atoms with Gasteiger partial charge in [0.15, 0.2) is 0 Å². The molecular weight excluding hydrogens is 352 g/mol. The van der Waals surface area contributed by atoms with Crippen molar-refractivity contribution in [1.82, 2.24) is 16.2 Å². The highest BCUT2D eigenvalue weighted by Crippen LogP contribution is 2.27. The van der Waals surface area contributed by atoms with Crippen LogP contribution < -0.4 is 25.8 Å². The zero-order valence-corrected chi connectivity index (χ0v) is 16.3. The van der Waals surface area contributed by atoms with Crippen molar-refractivity contribution in [3.8, 4) is 5.75 Å². The number of hydrogen-bond acceptors (Lipinski definition) is 5. The van der Waals surface area contributed by atoms with E-state index in [4.69, 9.17) is 4.74 Å². The average Bonchev–Trinajstić information content (AvgIpc) is 3.22. The Hall–Kier alpha value is -2.41. The third-order valence-corrected chi connectivity index (χ3v) is 5.66. The summed E-state index contributed by atoms with van der Waals surface area (Å²) in [5.41, 5.74) is 10.2. The van der Waals surface area contributed by atoms with E-state index in [-0.39, 0.29) is 11.9 Å². The van der Waals surface area contributed by atoms with Gasteiger partial charge in [0.2, 0.25) is 5.91 Å². The van der Waals surface area contributed by atoms with Gasteiger partial charge in [0, 0.05) is 31.2 Å². The third kappa shape index (κ3) is 4.04. The monoisotopic (exact) mass is 380 g/mol. The van der Waals surface area contributed by atoms with Crippen LogP contribution in [0.25, 0.3) is 0 Å². The minimum atomic E-state index is 0.145. The number of carbonyl (C=O) groups excluding carboxylic acids is 1. The fourth-order valence-electron chi connectivity index (χ4n) is 4.15. The summed E-state index contributed by atoms with van der Waals surface area (Å²) in [6, 6.07) is 16.6. The molecule has 3 N–H and O–H groups in total. The SMILES string of the molecule is COc1ccc(C2NNCC2CNCC(=O)N2CCCc3ccccc32)cc1. The molecule has 6 heteroatoms. The highest BCUT2D eigenvalue weighted by Gasteiger charge is 2.28. The summed E-state index contributed by atoms with van der Waals surface area (Å²) >= 11 is 0. The first kappa shape index (κ1) is 18.9. The van der Waals surface area contributed by atoms with Crippen molar-refractivity contribution < 1.29 is 9.53 Å². The van der Waals surface area contributed by atoms with E-state index >= 15 is 0 Å². The van der Waals surface area contributed by atoms with Gasteiger partial charge in [-0.3, -0.25) is 10.2 Å². The lowest BCUT2D eigenvalue weighted by Crippen LogP contribution is -2.42. The van der Waals surface area contributed by atoms with Crippen LogP contribution in [0.5, 0.6) is 5.75 Å². The summed E-state index contributed by atoms with van der Waals surface area (Å²) in [6.07, 6.45) is 2.08. The summed E-state index contributed by atoms with van der Waals surface area (Å²) < 4.78 is 5.24. The lowest BCUT2D eigenvalue weighted by Gasteiger charge is -2.30. The normalized spacial score (nSPS) is 21.4. The summed E-state index contributed by atoms with van der Waals surface area (Å²) in [6.45, 7) is 2.81. The Bertz CT molecular complexity index is 808. The second kappa shape index (κ2) is 8.73. The molecule has 0 saturated carbocycles. The summed E-state index contributed by atoms with van der Waals surface area (Å²) in [7, 11) is 1.68. The number of nitrogens with one attached hydrogen (secondary N) is 3. The molecule has 2 aromatic carbocycles. The number of rotatable bonds is 6. The molecule has 2 unspecified atom stereocenters. The molecule has 6 nitrogen and oxygen atoms in total. The number of fused-ring (bicyclic) bond motifs is 1. The van der Waals surface area contributed by atoms with Gasteiger partial charge in [-0.25, -0.2) is 5.43 Å². The van der Waals surface area contributed by atoms with Crippen LogP contribution in [-0.4, -0.2) is 39.2 Å². The molecular formula is C22H28N4O2. The molecule has 148 valence electrons. The zero-order chi connectivity index (χ0) is 19.3. The molecule has 2 heterocycles. The first-order valence-corrected chi connectivity index (χ1v) is 9.97. The Labute approximate surface area is 166 Å². The molecule has 2 aromatic rings. The highest BCUT2D eigenvalue weighted by atomic mass is 16.5. The Morgan fingerprint density at radius 1 is 1.21 bits per heavy atom. The Balaban J connectivity index is 1.32. The second-order valence-corrected chi connectivity index (χ2v) is 7.44. The number of ether oxygens (including phenoxy) is 1. The van der Waals surface area contributed by atoms with Crippen LogP contribution in [0, 0.1) is 5.92 Å². The highest BCUT2D eigenvalue weighted by molar-refractivity contribution is 5.95. The van der Waals surface area contributed by atoms with E-state index < -0.39 is 0 Å². The molecule has 2 atom stereocenters. The zero-order valence-electron chi connectivity index (χ0n) is 16.3. The first-order chi connectivity index (χ1) is 13.8. The van der Waals surface area contributed by atoms with Gasteiger partial charge in [0.1, 0.15) is 5.75 Å². The van der Waals surface area contributed by atoms with Crippen LogP contribution in [-0.2, 0) is 11.2 Å². The summed E-state index contributed by atoms with van der Waals surface area (Å²) in [5.74, 6) is 1.37. The van der Waals surface area contributed by atoms with Gasteiger partial charge in [-0.2, -0.15) is 0 Å². The number of benzene rings is 2. The van der Waals surface area contributed by atoms with Crippen LogP contribution in [0.2, 0.25) is 0 Å². The predicted molar refractivity (Wildman–Crippen MR) is 110 cm³/mol. The molecule has 1 amide bonds. The van der Waals surface area contributed by atoms with Crippen molar-refractivity contribution in [3.05, 3.63) is 59.7 Å². The lowest BCUT2D eigenvalue weighted by molar-refractivity contribution is -0.117. The molecule has 2 aliphatic heterocycles. The van der Waals surface area contributed by atoms with Crippen molar-refractivity contribution in [2.24, 2.45) is 5.92 Å². The Morgan fingerprint density at radius 3 is 2.86 bits per heavy atom. The molecule has 0 spiro atoms. The van der Waals surface area contributed by atoms with Crippen molar-refractivity contribution in [1.29, 1.82) is 0 Å². The van der Waals surface area contributed by atoms with Gasteiger partial charge in [-0.1, -0.05) is 30.3 Å². The minimum Gasteiger partial charge on any atom is -0.497 e. The average molecular weight is 380 g/mol. The molecule has 0 radical (unpaired) electrons.